The van der Waals surface area contributed by atoms with Crippen LogP contribution in [-0.2, 0) is 6.42 Å². The summed E-state index contributed by atoms with van der Waals surface area (Å²) in [5.74, 6) is 1.53. The van der Waals surface area contributed by atoms with Crippen molar-refractivity contribution in [2.24, 2.45) is 5.73 Å². The first-order chi connectivity index (χ1) is 10.5. The third-order valence-electron chi connectivity index (χ3n) is 3.92. The minimum Gasteiger partial charge on any atom is -0.493 e. The molecule has 2 aromatic carbocycles. The second kappa shape index (κ2) is 6.84. The molecule has 0 bridgehead atoms. The highest BCUT2D eigenvalue weighted by molar-refractivity contribution is 5.79. The Bertz CT molecular complexity index is 654. The molecule has 2 rings (SSSR count). The lowest BCUT2D eigenvalue weighted by Crippen LogP contribution is -2.04. The van der Waals surface area contributed by atoms with E-state index in [1.807, 2.05) is 6.07 Å². The fraction of sp³-hybridized carbons (Fsp3) is 0.368. The summed E-state index contributed by atoms with van der Waals surface area (Å²) in [6.07, 6.45) is 0.817. The zero-order valence-electron chi connectivity index (χ0n) is 14.1. The number of methoxy groups -OCH3 is 2. The van der Waals surface area contributed by atoms with Gasteiger partial charge < -0.3 is 15.2 Å². The summed E-state index contributed by atoms with van der Waals surface area (Å²) in [6.45, 7) is 7.00. The smallest absolute Gasteiger partial charge is 0.168 e. The maximum atomic E-state index is 5.72. The van der Waals surface area contributed by atoms with Gasteiger partial charge in [-0.1, -0.05) is 17.7 Å². The molecule has 0 heterocycles. The summed E-state index contributed by atoms with van der Waals surface area (Å²) >= 11 is 0. The van der Waals surface area contributed by atoms with Crippen LogP contribution in [-0.4, -0.2) is 20.8 Å². The van der Waals surface area contributed by atoms with Crippen LogP contribution in [0.2, 0.25) is 0 Å². The summed E-state index contributed by atoms with van der Waals surface area (Å²) in [4.78, 5) is 0. The SMILES string of the molecule is COc1cc(CCN)cc(-c2c(C)cc(C)cc2C)c1OC. The molecule has 0 saturated heterocycles. The molecule has 0 spiro atoms. The molecule has 0 aliphatic rings. The Labute approximate surface area is 133 Å². The van der Waals surface area contributed by atoms with E-state index in [0.717, 1.165) is 29.0 Å². The Morgan fingerprint density at radius 2 is 1.55 bits per heavy atom. The average Bonchev–Trinajstić information content (AvgIpc) is 2.46. The molecule has 22 heavy (non-hydrogen) atoms. The predicted octanol–water partition coefficient (Wildman–Crippen LogP) is 3.80. The van der Waals surface area contributed by atoms with Crippen LogP contribution in [0.4, 0.5) is 0 Å². The minimum atomic E-state index is 0.612. The summed E-state index contributed by atoms with van der Waals surface area (Å²) in [5, 5.41) is 0. The van der Waals surface area contributed by atoms with Crippen LogP contribution in [0, 0.1) is 20.8 Å². The second-order valence-electron chi connectivity index (χ2n) is 5.69. The first kappa shape index (κ1) is 16.4. The quantitative estimate of drug-likeness (QED) is 0.913. The first-order valence-corrected chi connectivity index (χ1v) is 7.55. The Hall–Kier alpha value is -2.00. The van der Waals surface area contributed by atoms with Gasteiger partial charge in [-0.2, -0.15) is 0 Å². The van der Waals surface area contributed by atoms with E-state index in [1.54, 1.807) is 14.2 Å². The molecule has 3 heteroatoms. The Kier molecular flexibility index (Phi) is 5.09. The van der Waals surface area contributed by atoms with Gasteiger partial charge in [-0.15, -0.1) is 0 Å². The summed E-state index contributed by atoms with van der Waals surface area (Å²) in [7, 11) is 3.35. The van der Waals surface area contributed by atoms with Crippen molar-refractivity contribution in [1.82, 2.24) is 0 Å². The van der Waals surface area contributed by atoms with E-state index in [1.165, 1.54) is 22.3 Å². The molecule has 118 valence electrons. The molecule has 2 N–H and O–H groups in total. The lowest BCUT2D eigenvalue weighted by atomic mass is 9.91. The van der Waals surface area contributed by atoms with Crippen molar-refractivity contribution in [2.75, 3.05) is 20.8 Å². The number of hydrogen-bond donors (Lipinski definition) is 1. The van der Waals surface area contributed by atoms with E-state index >= 15 is 0 Å². The van der Waals surface area contributed by atoms with E-state index in [2.05, 4.69) is 39.0 Å². The van der Waals surface area contributed by atoms with Crippen LogP contribution in [0.5, 0.6) is 11.5 Å². The van der Waals surface area contributed by atoms with E-state index < -0.39 is 0 Å². The highest BCUT2D eigenvalue weighted by atomic mass is 16.5. The van der Waals surface area contributed by atoms with Crippen LogP contribution < -0.4 is 15.2 Å². The lowest BCUT2D eigenvalue weighted by Gasteiger charge is -2.18. The number of ether oxygens (including phenoxy) is 2. The van der Waals surface area contributed by atoms with Crippen molar-refractivity contribution in [1.29, 1.82) is 0 Å². The van der Waals surface area contributed by atoms with Gasteiger partial charge in [0.15, 0.2) is 11.5 Å². The molecule has 0 aliphatic heterocycles. The van der Waals surface area contributed by atoms with Crippen molar-refractivity contribution >= 4 is 0 Å². The van der Waals surface area contributed by atoms with Gasteiger partial charge in [0, 0.05) is 5.56 Å². The van der Waals surface area contributed by atoms with E-state index in [4.69, 9.17) is 15.2 Å². The van der Waals surface area contributed by atoms with Gasteiger partial charge in [0.1, 0.15) is 0 Å². The van der Waals surface area contributed by atoms with Crippen LogP contribution in [0.1, 0.15) is 22.3 Å². The van der Waals surface area contributed by atoms with Gasteiger partial charge in [-0.25, -0.2) is 0 Å². The molecule has 0 aliphatic carbocycles. The maximum Gasteiger partial charge on any atom is 0.168 e. The van der Waals surface area contributed by atoms with Gasteiger partial charge in [0.2, 0.25) is 0 Å². The van der Waals surface area contributed by atoms with Gasteiger partial charge >= 0.3 is 0 Å². The van der Waals surface area contributed by atoms with E-state index in [9.17, 15) is 0 Å². The predicted molar refractivity (Wildman–Crippen MR) is 92.0 cm³/mol. The highest BCUT2D eigenvalue weighted by Gasteiger charge is 2.17. The summed E-state index contributed by atoms with van der Waals surface area (Å²) in [6, 6.07) is 8.57. The summed E-state index contributed by atoms with van der Waals surface area (Å²) < 4.78 is 11.2. The van der Waals surface area contributed by atoms with Crippen molar-refractivity contribution < 1.29 is 9.47 Å². The number of aryl methyl sites for hydroxylation is 3. The van der Waals surface area contributed by atoms with Crippen LogP contribution in [0.25, 0.3) is 11.1 Å². The van der Waals surface area contributed by atoms with Crippen molar-refractivity contribution in [3.05, 3.63) is 46.5 Å². The van der Waals surface area contributed by atoms with Crippen molar-refractivity contribution in [3.8, 4) is 22.6 Å². The molecule has 0 amide bonds. The standard InChI is InChI=1S/C19H25NO2/c1-12-8-13(2)18(14(3)9-12)16-10-15(6-7-20)11-17(21-4)19(16)22-5/h8-11H,6-7,20H2,1-5H3. The number of nitrogens with two attached hydrogens (primary N) is 1. The normalized spacial score (nSPS) is 10.6. The Balaban J connectivity index is 2.75. The van der Waals surface area contributed by atoms with E-state index in [-0.39, 0.29) is 0 Å². The number of benzene rings is 2. The van der Waals surface area contributed by atoms with Gasteiger partial charge in [0.25, 0.3) is 0 Å². The third kappa shape index (κ3) is 3.09. The number of hydrogen-bond acceptors (Lipinski definition) is 3. The monoisotopic (exact) mass is 299 g/mol. The highest BCUT2D eigenvalue weighted by Crippen LogP contribution is 2.42. The Morgan fingerprint density at radius 1 is 0.909 bits per heavy atom. The maximum absolute atomic E-state index is 5.72. The average molecular weight is 299 g/mol. The number of rotatable bonds is 5. The van der Waals surface area contributed by atoms with E-state index in [0.29, 0.717) is 6.54 Å². The summed E-state index contributed by atoms with van der Waals surface area (Å²) in [5.41, 5.74) is 12.9. The largest absolute Gasteiger partial charge is 0.493 e. The third-order valence-corrected chi connectivity index (χ3v) is 3.92. The molecule has 0 saturated carbocycles. The molecule has 2 aromatic rings. The van der Waals surface area contributed by atoms with Crippen LogP contribution >= 0.6 is 0 Å². The molecule has 0 aromatic heterocycles. The first-order valence-electron chi connectivity index (χ1n) is 7.55. The fourth-order valence-corrected chi connectivity index (χ4v) is 3.12. The second-order valence-corrected chi connectivity index (χ2v) is 5.69. The van der Waals surface area contributed by atoms with Crippen LogP contribution in [0.15, 0.2) is 24.3 Å². The molecule has 0 fully saturated rings. The Morgan fingerprint density at radius 3 is 2.05 bits per heavy atom. The van der Waals surface area contributed by atoms with Gasteiger partial charge in [0.05, 0.1) is 14.2 Å². The zero-order chi connectivity index (χ0) is 16.3. The molecular formula is C19H25NO2. The minimum absolute atomic E-state index is 0.612. The molecule has 3 nitrogen and oxygen atoms in total. The van der Waals surface area contributed by atoms with Crippen LogP contribution in [0.3, 0.4) is 0 Å². The van der Waals surface area contributed by atoms with Crippen molar-refractivity contribution in [3.63, 3.8) is 0 Å². The van der Waals surface area contributed by atoms with Gasteiger partial charge in [-0.05, 0) is 68.1 Å². The molecule has 0 radical (unpaired) electrons. The molecular weight excluding hydrogens is 274 g/mol. The fourth-order valence-electron chi connectivity index (χ4n) is 3.12. The topological polar surface area (TPSA) is 44.5 Å². The lowest BCUT2D eigenvalue weighted by molar-refractivity contribution is 0.355. The van der Waals surface area contributed by atoms with Gasteiger partial charge in [-0.3, -0.25) is 0 Å². The van der Waals surface area contributed by atoms with Crippen molar-refractivity contribution in [2.45, 2.75) is 27.2 Å². The zero-order valence-corrected chi connectivity index (χ0v) is 14.1. The molecule has 0 unspecified atom stereocenters. The molecule has 0 atom stereocenters.